The van der Waals surface area contributed by atoms with Crippen LogP contribution in [0.15, 0.2) is 48.7 Å². The number of carbonyl (C=O) groups is 1. The summed E-state index contributed by atoms with van der Waals surface area (Å²) in [6.45, 7) is 10.5. The molecule has 0 saturated carbocycles. The van der Waals surface area contributed by atoms with Crippen LogP contribution in [0.5, 0.6) is 0 Å². The van der Waals surface area contributed by atoms with Gasteiger partial charge in [-0.1, -0.05) is 51.1 Å². The molecule has 0 amide bonds. The van der Waals surface area contributed by atoms with Crippen molar-refractivity contribution in [3.05, 3.63) is 64.9 Å². The van der Waals surface area contributed by atoms with Crippen molar-refractivity contribution in [1.82, 2.24) is 14.7 Å². The molecule has 2 saturated heterocycles. The average Bonchev–Trinajstić information content (AvgIpc) is 3.40. The lowest BCUT2D eigenvalue weighted by Gasteiger charge is -2.37. The van der Waals surface area contributed by atoms with Crippen molar-refractivity contribution in [2.24, 2.45) is 5.92 Å². The van der Waals surface area contributed by atoms with Gasteiger partial charge >= 0.3 is 12.1 Å². The van der Waals surface area contributed by atoms with Crippen LogP contribution in [0, 0.1) is 5.92 Å². The largest absolute Gasteiger partial charge is 0.478 e. The quantitative estimate of drug-likeness (QED) is 0.308. The Bertz CT molecular complexity index is 1370. The van der Waals surface area contributed by atoms with Gasteiger partial charge in [-0.3, -0.25) is 9.58 Å². The summed E-state index contributed by atoms with van der Waals surface area (Å²) in [5.74, 6) is -0.993. The van der Waals surface area contributed by atoms with Gasteiger partial charge < -0.3 is 14.9 Å². The predicted octanol–water partition coefficient (Wildman–Crippen LogP) is 7.18. The SMILES string of the molecule is C.CC(C)CN1CCN(c2ccc(-c3ccc(Cl)cc3N3CCCC(n4ncc(C(=O)O)c4C(F)(F)F)C3)cc2)CC1. The number of anilines is 2. The van der Waals surface area contributed by atoms with E-state index in [1.165, 1.54) is 5.69 Å². The smallest absolute Gasteiger partial charge is 0.433 e. The summed E-state index contributed by atoms with van der Waals surface area (Å²) in [7, 11) is 0. The van der Waals surface area contributed by atoms with E-state index in [4.69, 9.17) is 11.6 Å². The Morgan fingerprint density at radius 2 is 1.74 bits per heavy atom. The molecule has 3 aromatic rings. The first-order chi connectivity index (χ1) is 19.5. The van der Waals surface area contributed by atoms with Crippen LogP contribution in [0.3, 0.4) is 0 Å². The molecule has 0 bridgehead atoms. The molecule has 0 radical (unpaired) electrons. The number of benzene rings is 2. The van der Waals surface area contributed by atoms with Gasteiger partial charge in [0.25, 0.3) is 0 Å². The number of piperazine rings is 1. The molecule has 228 valence electrons. The third-order valence-corrected chi connectivity index (χ3v) is 8.11. The fraction of sp³-hybridized carbons (Fsp3) is 0.484. The van der Waals surface area contributed by atoms with E-state index in [9.17, 15) is 23.1 Å². The topological polar surface area (TPSA) is 64.8 Å². The molecule has 2 aromatic carbocycles. The zero-order valence-corrected chi connectivity index (χ0v) is 24.0. The number of alkyl halides is 3. The van der Waals surface area contributed by atoms with Gasteiger partial charge in [0.2, 0.25) is 0 Å². The number of nitrogens with zero attached hydrogens (tertiary/aromatic N) is 5. The van der Waals surface area contributed by atoms with E-state index in [0.29, 0.717) is 30.3 Å². The molecule has 0 aliphatic carbocycles. The van der Waals surface area contributed by atoms with Crippen molar-refractivity contribution in [1.29, 1.82) is 0 Å². The number of aromatic nitrogens is 2. The number of halogens is 4. The summed E-state index contributed by atoms with van der Waals surface area (Å²) >= 11 is 6.40. The summed E-state index contributed by atoms with van der Waals surface area (Å²) in [4.78, 5) is 18.4. The fourth-order valence-corrected chi connectivity index (χ4v) is 6.19. The van der Waals surface area contributed by atoms with Crippen molar-refractivity contribution in [2.75, 3.05) is 55.6 Å². The first-order valence-electron chi connectivity index (χ1n) is 14.0. The number of carboxylic acid groups (broad SMARTS) is 1. The molecule has 42 heavy (non-hydrogen) atoms. The lowest BCUT2D eigenvalue weighted by atomic mass is 9.99. The average molecular weight is 606 g/mol. The maximum atomic E-state index is 13.9. The molecule has 1 atom stereocenters. The Morgan fingerprint density at radius 1 is 1.05 bits per heavy atom. The summed E-state index contributed by atoms with van der Waals surface area (Å²) in [5, 5.41) is 13.7. The van der Waals surface area contributed by atoms with Gasteiger partial charge in [0, 0.05) is 67.8 Å². The molecule has 3 heterocycles. The highest BCUT2D eigenvalue weighted by atomic mass is 35.5. The van der Waals surface area contributed by atoms with Crippen molar-refractivity contribution >= 4 is 28.9 Å². The maximum Gasteiger partial charge on any atom is 0.433 e. The molecule has 7 nitrogen and oxygen atoms in total. The third kappa shape index (κ3) is 6.86. The second-order valence-corrected chi connectivity index (χ2v) is 11.7. The van der Waals surface area contributed by atoms with Crippen molar-refractivity contribution in [3.63, 3.8) is 0 Å². The highest BCUT2D eigenvalue weighted by Crippen LogP contribution is 2.39. The van der Waals surface area contributed by atoms with Gasteiger partial charge in [0.1, 0.15) is 5.56 Å². The second-order valence-electron chi connectivity index (χ2n) is 11.3. The van der Waals surface area contributed by atoms with Crippen LogP contribution in [0.4, 0.5) is 24.5 Å². The summed E-state index contributed by atoms with van der Waals surface area (Å²) in [6, 6.07) is 13.4. The Hall–Kier alpha value is -3.24. The van der Waals surface area contributed by atoms with Gasteiger partial charge in [-0.2, -0.15) is 18.3 Å². The Balaban J connectivity index is 0.00000405. The number of hydrogen-bond donors (Lipinski definition) is 1. The highest BCUT2D eigenvalue weighted by Gasteiger charge is 2.42. The van der Waals surface area contributed by atoms with Crippen molar-refractivity contribution in [3.8, 4) is 11.1 Å². The standard InChI is InChI=1S/C30H35ClF3N5O2.CH4/c1-20(2)18-36-12-14-37(15-13-36)23-8-5-21(6-9-23)25-10-7-22(31)16-27(25)38-11-3-4-24(19-38)39-28(30(32,33)34)26(17-35-39)29(40)41;/h5-10,16-17,20,24H,3-4,11-15,18-19H2,1-2H3,(H,40,41);1H4. The Kier molecular flexibility index (Phi) is 9.77. The van der Waals surface area contributed by atoms with E-state index in [-0.39, 0.29) is 14.0 Å². The lowest BCUT2D eigenvalue weighted by molar-refractivity contribution is -0.145. The van der Waals surface area contributed by atoms with E-state index in [2.05, 4.69) is 53.0 Å². The van der Waals surface area contributed by atoms with Crippen molar-refractivity contribution in [2.45, 2.75) is 46.3 Å². The molecule has 2 aliphatic rings. The normalized spacial score (nSPS) is 18.3. The van der Waals surface area contributed by atoms with E-state index in [0.717, 1.165) is 60.4 Å². The van der Waals surface area contributed by atoms with Crippen LogP contribution in [0.1, 0.15) is 56.2 Å². The maximum absolute atomic E-state index is 13.9. The van der Waals surface area contributed by atoms with Crippen molar-refractivity contribution < 1.29 is 23.1 Å². The number of rotatable bonds is 7. The minimum atomic E-state index is -4.84. The lowest BCUT2D eigenvalue weighted by Crippen LogP contribution is -2.47. The van der Waals surface area contributed by atoms with E-state index >= 15 is 0 Å². The van der Waals surface area contributed by atoms with Gasteiger partial charge in [-0.05, 0) is 48.6 Å². The molecule has 2 fully saturated rings. The number of aromatic carboxylic acids is 1. The van der Waals surface area contributed by atoms with Crippen LogP contribution < -0.4 is 9.80 Å². The molecule has 1 unspecified atom stereocenters. The molecule has 1 N–H and O–H groups in total. The third-order valence-electron chi connectivity index (χ3n) is 7.88. The van der Waals surface area contributed by atoms with Gasteiger partial charge in [-0.25, -0.2) is 4.79 Å². The summed E-state index contributed by atoms with van der Waals surface area (Å²) in [5.41, 5.74) is 1.87. The number of hydrogen-bond acceptors (Lipinski definition) is 5. The van der Waals surface area contributed by atoms with Crippen LogP contribution in [0.25, 0.3) is 11.1 Å². The zero-order chi connectivity index (χ0) is 29.3. The molecule has 2 aliphatic heterocycles. The minimum Gasteiger partial charge on any atom is -0.478 e. The Labute approximate surface area is 250 Å². The molecular formula is C31H39ClF3N5O2. The molecular weight excluding hydrogens is 567 g/mol. The second kappa shape index (κ2) is 13.0. The van der Waals surface area contributed by atoms with Crippen LogP contribution >= 0.6 is 11.6 Å². The van der Waals surface area contributed by atoms with Crippen LogP contribution in [0.2, 0.25) is 5.02 Å². The first kappa shape index (κ1) is 31.7. The van der Waals surface area contributed by atoms with Crippen LogP contribution in [-0.2, 0) is 6.18 Å². The van der Waals surface area contributed by atoms with Gasteiger partial charge in [0.15, 0.2) is 5.69 Å². The van der Waals surface area contributed by atoms with Gasteiger partial charge in [-0.15, -0.1) is 0 Å². The number of piperidine rings is 1. The monoisotopic (exact) mass is 605 g/mol. The first-order valence-corrected chi connectivity index (χ1v) is 14.4. The van der Waals surface area contributed by atoms with Crippen LogP contribution in [-0.4, -0.2) is 71.6 Å². The van der Waals surface area contributed by atoms with E-state index in [1.807, 2.05) is 23.1 Å². The minimum absolute atomic E-state index is 0. The Morgan fingerprint density at radius 3 is 2.36 bits per heavy atom. The van der Waals surface area contributed by atoms with E-state index in [1.54, 1.807) is 0 Å². The molecule has 5 rings (SSSR count). The summed E-state index contributed by atoms with van der Waals surface area (Å²) < 4.78 is 42.5. The zero-order valence-electron chi connectivity index (χ0n) is 23.2. The highest BCUT2D eigenvalue weighted by molar-refractivity contribution is 6.31. The summed E-state index contributed by atoms with van der Waals surface area (Å²) in [6.07, 6.45) is -2.97. The molecule has 1 aromatic heterocycles. The predicted molar refractivity (Wildman–Crippen MR) is 162 cm³/mol. The molecule has 11 heteroatoms. The van der Waals surface area contributed by atoms with E-state index < -0.39 is 29.4 Å². The molecule has 0 spiro atoms. The van der Waals surface area contributed by atoms with Gasteiger partial charge in [0.05, 0.1) is 12.2 Å². The fourth-order valence-electron chi connectivity index (χ4n) is 6.02. The number of carboxylic acids is 1.